The Labute approximate surface area is 167 Å². The molecule has 0 spiro atoms. The maximum absolute atomic E-state index is 6.24. The van der Waals surface area contributed by atoms with Crippen molar-refractivity contribution < 1.29 is 9.47 Å². The average Bonchev–Trinajstić information content (AvgIpc) is 2.77. The van der Waals surface area contributed by atoms with Crippen LogP contribution in [0.2, 0.25) is 0 Å². The van der Waals surface area contributed by atoms with Gasteiger partial charge in [0.2, 0.25) is 0 Å². The molecule has 0 amide bonds. The summed E-state index contributed by atoms with van der Waals surface area (Å²) in [4.78, 5) is 0. The molecule has 1 aliphatic heterocycles. The highest BCUT2D eigenvalue weighted by Crippen LogP contribution is 2.47. The molecule has 4 aromatic rings. The van der Waals surface area contributed by atoms with Crippen molar-refractivity contribution in [1.29, 1.82) is 0 Å². The van der Waals surface area contributed by atoms with Crippen molar-refractivity contribution in [3.63, 3.8) is 0 Å². The molecular weight excluding hydrogens is 399 g/mol. The molecule has 2 nitrogen and oxygen atoms in total. The van der Waals surface area contributed by atoms with Crippen LogP contribution in [0.5, 0.6) is 11.5 Å². The van der Waals surface area contributed by atoms with Gasteiger partial charge in [-0.3, -0.25) is 0 Å². The van der Waals surface area contributed by atoms with E-state index in [1.165, 1.54) is 27.0 Å². The first-order valence-corrected chi connectivity index (χ1v) is 10.0. The molecule has 4 aromatic carbocycles. The number of hydrogen-bond acceptors (Lipinski definition) is 2. The lowest BCUT2D eigenvalue weighted by molar-refractivity contribution is 0.252. The molecule has 0 bridgehead atoms. The Morgan fingerprint density at radius 2 is 1.22 bits per heavy atom. The zero-order valence-electron chi connectivity index (χ0n) is 15.1. The van der Waals surface area contributed by atoms with Gasteiger partial charge in [0.1, 0.15) is 19.3 Å². The maximum Gasteiger partial charge on any atom is 0.140 e. The first-order valence-electron chi connectivity index (χ1n) is 9.23. The maximum atomic E-state index is 6.24. The summed E-state index contributed by atoms with van der Waals surface area (Å²) in [5, 5.41) is 4.79. The Hall–Kier alpha value is -2.46. The first-order chi connectivity index (χ1) is 13.2. The van der Waals surface area contributed by atoms with Gasteiger partial charge in [0.15, 0.2) is 0 Å². The third-order valence-electron chi connectivity index (χ3n) is 5.23. The number of fused-ring (bicyclic) bond motifs is 7. The minimum absolute atomic E-state index is 0.642. The molecule has 0 saturated carbocycles. The van der Waals surface area contributed by atoms with E-state index in [2.05, 4.69) is 84.4 Å². The number of ether oxygens (including phenoxy) is 2. The van der Waals surface area contributed by atoms with E-state index >= 15 is 0 Å². The second-order valence-corrected chi connectivity index (χ2v) is 7.79. The van der Waals surface area contributed by atoms with Crippen LogP contribution in [0.25, 0.3) is 32.7 Å². The smallest absolute Gasteiger partial charge is 0.140 e. The van der Waals surface area contributed by atoms with E-state index in [9.17, 15) is 0 Å². The van der Waals surface area contributed by atoms with Crippen molar-refractivity contribution in [2.75, 3.05) is 13.2 Å². The zero-order chi connectivity index (χ0) is 18.4. The summed E-state index contributed by atoms with van der Waals surface area (Å²) in [5.41, 5.74) is 3.46. The van der Waals surface area contributed by atoms with Gasteiger partial charge in [-0.25, -0.2) is 0 Å². The first kappa shape index (κ1) is 16.7. The van der Waals surface area contributed by atoms with E-state index in [1.807, 2.05) is 0 Å². The Morgan fingerprint density at radius 3 is 1.89 bits per heavy atom. The van der Waals surface area contributed by atoms with E-state index in [4.69, 9.17) is 9.47 Å². The Bertz CT molecular complexity index is 1090. The van der Waals surface area contributed by atoms with Crippen molar-refractivity contribution in [1.82, 2.24) is 0 Å². The predicted molar refractivity (Wildman–Crippen MR) is 118 cm³/mol. The minimum atomic E-state index is 0.642. The summed E-state index contributed by atoms with van der Waals surface area (Å²) < 4.78 is 13.5. The van der Waals surface area contributed by atoms with E-state index < -0.39 is 0 Å². The van der Waals surface area contributed by atoms with Gasteiger partial charge in [0.05, 0.1) is 13.2 Å². The van der Waals surface area contributed by atoms with Gasteiger partial charge >= 0.3 is 0 Å². The minimum Gasteiger partial charge on any atom is -0.493 e. The molecule has 0 fully saturated rings. The summed E-state index contributed by atoms with van der Waals surface area (Å²) in [6.07, 6.45) is 0.856. The van der Waals surface area contributed by atoms with Gasteiger partial charge < -0.3 is 9.47 Å². The van der Waals surface area contributed by atoms with Crippen LogP contribution in [0.1, 0.15) is 6.42 Å². The number of benzene rings is 4. The highest BCUT2D eigenvalue weighted by atomic mass is 79.9. The molecule has 0 atom stereocenters. The Kier molecular flexibility index (Phi) is 4.09. The fraction of sp³-hybridized carbons (Fsp3) is 0.130. The fourth-order valence-corrected chi connectivity index (χ4v) is 4.55. The highest BCUT2D eigenvalue weighted by molar-refractivity contribution is 9.10. The van der Waals surface area contributed by atoms with Gasteiger partial charge in [-0.15, -0.1) is 0 Å². The van der Waals surface area contributed by atoms with Crippen molar-refractivity contribution in [3.8, 4) is 22.6 Å². The van der Waals surface area contributed by atoms with Crippen molar-refractivity contribution in [3.05, 3.63) is 65.1 Å². The second kappa shape index (κ2) is 6.61. The van der Waals surface area contributed by atoms with Crippen LogP contribution in [0, 0.1) is 0 Å². The van der Waals surface area contributed by atoms with E-state index in [0.717, 1.165) is 33.5 Å². The summed E-state index contributed by atoms with van der Waals surface area (Å²) in [5.74, 6) is 1.84. The molecule has 0 N–H and O–H groups in total. The van der Waals surface area contributed by atoms with Crippen molar-refractivity contribution in [2.24, 2.45) is 0 Å². The predicted octanol–water partition coefficient (Wildman–Crippen LogP) is 4.84. The molecule has 0 aliphatic carbocycles. The number of halogens is 1. The quantitative estimate of drug-likeness (QED) is 0.382. The molecule has 5 rings (SSSR count). The normalized spacial score (nSPS) is 13.7. The van der Waals surface area contributed by atoms with Crippen molar-refractivity contribution >= 4 is 50.8 Å². The average molecular weight is 417 g/mol. The number of rotatable bonds is 0. The van der Waals surface area contributed by atoms with E-state index in [0.29, 0.717) is 13.2 Å². The van der Waals surface area contributed by atoms with Gasteiger partial charge in [-0.05, 0) is 33.7 Å². The molecular formula is C23H18BBrO2. The lowest BCUT2D eigenvalue weighted by atomic mass is 9.84. The summed E-state index contributed by atoms with van der Waals surface area (Å²) >= 11 is 3.73. The van der Waals surface area contributed by atoms with Gasteiger partial charge in [-0.1, -0.05) is 69.9 Å². The summed E-state index contributed by atoms with van der Waals surface area (Å²) in [6, 6.07) is 21.3. The summed E-state index contributed by atoms with van der Waals surface area (Å²) in [6.45, 7) is 1.29. The molecule has 132 valence electrons. The van der Waals surface area contributed by atoms with E-state index in [1.54, 1.807) is 0 Å². The standard InChI is InChI=1S/C23H18BBrO2/c24-18-12-20-22(16-8-3-1-6-14(16)18)23-17-9-4-2-7-15(17)19(25)13-21(23)27-11-5-10-26-20/h1-4,6-9,12-13H,5,10-11,24H2. The second-order valence-electron chi connectivity index (χ2n) is 6.94. The molecule has 0 saturated heterocycles. The molecule has 4 heteroatoms. The largest absolute Gasteiger partial charge is 0.493 e. The van der Waals surface area contributed by atoms with Gasteiger partial charge in [0, 0.05) is 22.0 Å². The molecule has 0 unspecified atom stereocenters. The molecule has 1 heterocycles. The SMILES string of the molecule is Bc1cc2c(c3ccccc13)-c1c(cc(Br)c3ccccc13)OCCCO2. The summed E-state index contributed by atoms with van der Waals surface area (Å²) in [7, 11) is 2.15. The van der Waals surface area contributed by atoms with Crippen LogP contribution in [0.15, 0.2) is 65.1 Å². The van der Waals surface area contributed by atoms with Crippen molar-refractivity contribution in [2.45, 2.75) is 6.42 Å². The van der Waals surface area contributed by atoms with Gasteiger partial charge in [0.25, 0.3) is 0 Å². The zero-order valence-corrected chi connectivity index (χ0v) is 16.7. The molecule has 27 heavy (non-hydrogen) atoms. The fourth-order valence-electron chi connectivity index (χ4n) is 4.00. The third kappa shape index (κ3) is 2.71. The molecule has 0 aromatic heterocycles. The Balaban J connectivity index is 2.00. The lowest BCUT2D eigenvalue weighted by Crippen LogP contribution is -2.08. The lowest BCUT2D eigenvalue weighted by Gasteiger charge is -2.19. The molecule has 0 radical (unpaired) electrons. The molecule has 1 aliphatic rings. The van der Waals surface area contributed by atoms with Crippen LogP contribution in [0.3, 0.4) is 0 Å². The Morgan fingerprint density at radius 1 is 0.704 bits per heavy atom. The van der Waals surface area contributed by atoms with Crippen LogP contribution < -0.4 is 14.9 Å². The van der Waals surface area contributed by atoms with Crippen LogP contribution in [-0.4, -0.2) is 21.1 Å². The van der Waals surface area contributed by atoms with Crippen LogP contribution in [0.4, 0.5) is 0 Å². The highest BCUT2D eigenvalue weighted by Gasteiger charge is 2.22. The third-order valence-corrected chi connectivity index (χ3v) is 5.88. The van der Waals surface area contributed by atoms with Crippen LogP contribution >= 0.6 is 15.9 Å². The van der Waals surface area contributed by atoms with Gasteiger partial charge in [-0.2, -0.15) is 0 Å². The number of hydrogen-bond donors (Lipinski definition) is 0. The van der Waals surface area contributed by atoms with E-state index in [-0.39, 0.29) is 0 Å². The monoisotopic (exact) mass is 416 g/mol. The van der Waals surface area contributed by atoms with Crippen LogP contribution in [-0.2, 0) is 0 Å². The topological polar surface area (TPSA) is 18.5 Å².